The summed E-state index contributed by atoms with van der Waals surface area (Å²) in [5.41, 5.74) is 6.63. The molecule has 0 radical (unpaired) electrons. The average molecular weight is 294 g/mol. The number of carboxylic acids is 2. The van der Waals surface area contributed by atoms with Gasteiger partial charge < -0.3 is 26.0 Å². The molecule has 0 saturated heterocycles. The highest BCUT2D eigenvalue weighted by Crippen LogP contribution is 2.33. The number of hydrogen-bond donors (Lipinski definition) is 4. The number of ether oxygens (including phenoxy) is 1. The van der Waals surface area contributed by atoms with E-state index < -0.39 is 36.4 Å². The van der Waals surface area contributed by atoms with E-state index in [1.165, 1.54) is 12.1 Å². The first-order valence-corrected chi connectivity index (χ1v) is 6.17. The van der Waals surface area contributed by atoms with E-state index in [1.54, 1.807) is 6.07 Å². The Hall–Kier alpha value is -2.61. The van der Waals surface area contributed by atoms with Gasteiger partial charge in [0.1, 0.15) is 5.75 Å². The number of nitrogens with one attached hydrogen (secondary N) is 1. The highest BCUT2D eigenvalue weighted by atomic mass is 16.5. The van der Waals surface area contributed by atoms with Crippen molar-refractivity contribution in [3.05, 3.63) is 23.8 Å². The molecule has 1 aromatic rings. The molecule has 1 aliphatic rings. The molecular formula is C13H14N2O6. The van der Waals surface area contributed by atoms with E-state index in [1.807, 2.05) is 0 Å². The van der Waals surface area contributed by atoms with Crippen LogP contribution in [0.2, 0.25) is 0 Å². The van der Waals surface area contributed by atoms with Crippen molar-refractivity contribution in [1.82, 2.24) is 0 Å². The molecule has 0 aromatic heterocycles. The third kappa shape index (κ3) is 3.48. The Morgan fingerprint density at radius 3 is 2.67 bits per heavy atom. The molecule has 1 aromatic carbocycles. The lowest BCUT2D eigenvalue weighted by molar-refractivity contribution is -0.142. The van der Waals surface area contributed by atoms with Crippen LogP contribution in [0.15, 0.2) is 18.2 Å². The van der Waals surface area contributed by atoms with E-state index >= 15 is 0 Å². The lowest BCUT2D eigenvalue weighted by Gasteiger charge is -2.25. The normalized spacial score (nSPS) is 18.1. The van der Waals surface area contributed by atoms with Gasteiger partial charge in [-0.15, -0.1) is 0 Å². The molecule has 0 bridgehead atoms. The van der Waals surface area contributed by atoms with Crippen LogP contribution in [-0.2, 0) is 14.4 Å². The molecule has 8 heteroatoms. The van der Waals surface area contributed by atoms with Crippen LogP contribution in [0, 0.1) is 0 Å². The zero-order valence-electron chi connectivity index (χ0n) is 10.9. The van der Waals surface area contributed by atoms with Crippen LogP contribution in [-0.4, -0.2) is 34.2 Å². The minimum Gasteiger partial charge on any atom is -0.481 e. The van der Waals surface area contributed by atoms with Crippen LogP contribution in [0.5, 0.6) is 5.75 Å². The number of carboxylic acid groups (broad SMARTS) is 2. The van der Waals surface area contributed by atoms with E-state index in [0.29, 0.717) is 17.0 Å². The van der Waals surface area contributed by atoms with Crippen molar-refractivity contribution in [2.45, 2.75) is 25.0 Å². The van der Waals surface area contributed by atoms with Gasteiger partial charge in [-0.2, -0.15) is 0 Å². The highest BCUT2D eigenvalue weighted by molar-refractivity contribution is 5.99. The largest absolute Gasteiger partial charge is 0.481 e. The Morgan fingerprint density at radius 2 is 2.05 bits per heavy atom. The summed E-state index contributed by atoms with van der Waals surface area (Å²) in [7, 11) is 0. The molecule has 2 rings (SSSR count). The van der Waals surface area contributed by atoms with Gasteiger partial charge in [0.15, 0.2) is 6.10 Å². The number of fused-ring (bicyclic) bond motifs is 1. The molecule has 1 aliphatic heterocycles. The van der Waals surface area contributed by atoms with Gasteiger partial charge in [0.25, 0.3) is 5.91 Å². The van der Waals surface area contributed by atoms with Crippen LogP contribution in [0.1, 0.15) is 24.4 Å². The van der Waals surface area contributed by atoms with Crippen LogP contribution in [0.3, 0.4) is 0 Å². The number of carbonyl (C=O) groups excluding carboxylic acids is 1. The maximum atomic E-state index is 11.7. The summed E-state index contributed by atoms with van der Waals surface area (Å²) >= 11 is 0. The summed E-state index contributed by atoms with van der Waals surface area (Å²) in [6, 6.07) is 3.93. The summed E-state index contributed by atoms with van der Waals surface area (Å²) in [6.45, 7) is 0. The molecule has 0 saturated carbocycles. The maximum absolute atomic E-state index is 11.7. The molecule has 5 N–H and O–H groups in total. The minimum absolute atomic E-state index is 0.241. The van der Waals surface area contributed by atoms with Gasteiger partial charge in [0, 0.05) is 6.04 Å². The summed E-state index contributed by atoms with van der Waals surface area (Å²) in [4.78, 5) is 33.0. The van der Waals surface area contributed by atoms with Crippen molar-refractivity contribution >= 4 is 23.5 Å². The Morgan fingerprint density at radius 1 is 1.33 bits per heavy atom. The average Bonchev–Trinajstić information content (AvgIpc) is 2.37. The van der Waals surface area contributed by atoms with E-state index in [2.05, 4.69) is 5.32 Å². The van der Waals surface area contributed by atoms with Crippen molar-refractivity contribution < 1.29 is 29.3 Å². The summed E-state index contributed by atoms with van der Waals surface area (Å²) in [5, 5.41) is 19.9. The number of rotatable bonds is 5. The number of nitrogens with two attached hydrogens (primary N) is 1. The van der Waals surface area contributed by atoms with E-state index in [-0.39, 0.29) is 6.42 Å². The molecule has 0 aliphatic carbocycles. The second-order valence-corrected chi connectivity index (χ2v) is 4.65. The van der Waals surface area contributed by atoms with Gasteiger partial charge in [0.2, 0.25) is 0 Å². The van der Waals surface area contributed by atoms with Gasteiger partial charge in [-0.3, -0.25) is 14.4 Å². The summed E-state index contributed by atoms with van der Waals surface area (Å²) in [6.07, 6.45) is -1.77. The van der Waals surface area contributed by atoms with Crippen molar-refractivity contribution in [3.63, 3.8) is 0 Å². The number of carbonyl (C=O) groups is 3. The molecule has 1 heterocycles. The highest BCUT2D eigenvalue weighted by Gasteiger charge is 2.30. The second kappa shape index (κ2) is 5.80. The maximum Gasteiger partial charge on any atom is 0.307 e. The second-order valence-electron chi connectivity index (χ2n) is 4.65. The third-order valence-corrected chi connectivity index (χ3v) is 3.01. The molecule has 8 nitrogen and oxygen atoms in total. The zero-order chi connectivity index (χ0) is 15.6. The number of hydrogen-bond acceptors (Lipinski definition) is 5. The molecular weight excluding hydrogens is 280 g/mol. The first-order valence-electron chi connectivity index (χ1n) is 6.17. The topological polar surface area (TPSA) is 139 Å². The number of aliphatic carboxylic acids is 2. The Kier molecular flexibility index (Phi) is 4.08. The predicted octanol–water partition coefficient (Wildman–Crippen LogP) is 0.335. The Balaban J connectivity index is 2.19. The van der Waals surface area contributed by atoms with E-state index in [9.17, 15) is 14.4 Å². The van der Waals surface area contributed by atoms with Crippen LogP contribution < -0.4 is 15.8 Å². The van der Waals surface area contributed by atoms with E-state index in [4.69, 9.17) is 20.7 Å². The standard InChI is InChI=1S/C13H14N2O6/c14-7(4-11(16)17)6-1-2-9-8(3-6)15-13(20)10(21-9)5-12(18)19/h1-3,7,10H,4-5,14H2,(H,15,20)(H,16,17)(H,18,19). The fourth-order valence-electron chi connectivity index (χ4n) is 2.00. The monoisotopic (exact) mass is 294 g/mol. The fourth-order valence-corrected chi connectivity index (χ4v) is 2.00. The van der Waals surface area contributed by atoms with Crippen molar-refractivity contribution in [3.8, 4) is 5.75 Å². The first-order chi connectivity index (χ1) is 9.86. The van der Waals surface area contributed by atoms with Gasteiger partial charge >= 0.3 is 11.9 Å². The van der Waals surface area contributed by atoms with Crippen molar-refractivity contribution in [2.75, 3.05) is 5.32 Å². The third-order valence-electron chi connectivity index (χ3n) is 3.01. The lowest BCUT2D eigenvalue weighted by Crippen LogP contribution is -2.38. The fraction of sp³-hybridized carbons (Fsp3) is 0.308. The molecule has 112 valence electrons. The summed E-state index contributed by atoms with van der Waals surface area (Å²) < 4.78 is 5.32. The molecule has 2 atom stereocenters. The number of benzene rings is 1. The number of anilines is 1. The molecule has 1 amide bonds. The minimum atomic E-state index is -1.14. The van der Waals surface area contributed by atoms with Gasteiger partial charge in [0.05, 0.1) is 18.5 Å². The van der Waals surface area contributed by atoms with Crippen molar-refractivity contribution in [1.29, 1.82) is 0 Å². The lowest BCUT2D eigenvalue weighted by atomic mass is 10.0. The SMILES string of the molecule is NC(CC(=O)O)c1ccc2c(c1)NC(=O)C(CC(=O)O)O2. The molecule has 0 fully saturated rings. The Labute approximate surface area is 119 Å². The number of amides is 1. The predicted molar refractivity (Wildman–Crippen MR) is 70.9 cm³/mol. The van der Waals surface area contributed by atoms with Crippen LogP contribution in [0.25, 0.3) is 0 Å². The molecule has 0 spiro atoms. The van der Waals surface area contributed by atoms with Gasteiger partial charge in [-0.05, 0) is 17.7 Å². The smallest absolute Gasteiger partial charge is 0.307 e. The zero-order valence-corrected chi connectivity index (χ0v) is 10.9. The summed E-state index contributed by atoms with van der Waals surface area (Å²) in [5.74, 6) is -2.40. The Bertz CT molecular complexity index is 600. The van der Waals surface area contributed by atoms with Gasteiger partial charge in [-0.1, -0.05) is 6.07 Å². The van der Waals surface area contributed by atoms with Crippen LogP contribution >= 0.6 is 0 Å². The first kappa shape index (κ1) is 14.8. The van der Waals surface area contributed by atoms with Gasteiger partial charge in [-0.25, -0.2) is 0 Å². The van der Waals surface area contributed by atoms with Crippen molar-refractivity contribution in [2.24, 2.45) is 5.73 Å². The molecule has 2 unspecified atom stereocenters. The molecule has 21 heavy (non-hydrogen) atoms. The van der Waals surface area contributed by atoms with E-state index in [0.717, 1.165) is 0 Å². The van der Waals surface area contributed by atoms with Crippen LogP contribution in [0.4, 0.5) is 5.69 Å². The quantitative estimate of drug-likeness (QED) is 0.613.